The summed E-state index contributed by atoms with van der Waals surface area (Å²) in [5.41, 5.74) is 4.06. The fraction of sp³-hybridized carbons (Fsp3) is 0.375. The molecular weight excluding hydrogens is 365 g/mol. The van der Waals surface area contributed by atoms with Crippen molar-refractivity contribution in [2.24, 2.45) is 0 Å². The van der Waals surface area contributed by atoms with Gasteiger partial charge in [0.2, 0.25) is 5.91 Å². The number of benzene rings is 2. The molecule has 1 amide bonds. The third-order valence-corrected chi connectivity index (χ3v) is 5.52. The number of carbonyl (C=O) groups is 1. The monoisotopic (exact) mass is 395 g/mol. The predicted molar refractivity (Wildman–Crippen MR) is 116 cm³/mol. The number of carbonyl (C=O) groups excluding carboxylic acids is 1. The minimum atomic E-state index is -0.279. The van der Waals surface area contributed by atoms with E-state index < -0.39 is 0 Å². The highest BCUT2D eigenvalue weighted by Gasteiger charge is 2.16. The third kappa shape index (κ3) is 6.24. The minimum Gasteiger partial charge on any atom is -0.348 e. The second kappa shape index (κ2) is 10.3. The number of amides is 1. The quantitative estimate of drug-likeness (QED) is 0.727. The van der Waals surface area contributed by atoms with Crippen molar-refractivity contribution < 1.29 is 9.18 Å². The molecule has 1 fully saturated rings. The van der Waals surface area contributed by atoms with Gasteiger partial charge in [0.1, 0.15) is 5.82 Å². The highest BCUT2D eigenvalue weighted by atomic mass is 19.1. The highest BCUT2D eigenvalue weighted by molar-refractivity contribution is 5.94. The minimum absolute atomic E-state index is 0.141. The first kappa shape index (κ1) is 21.2. The normalized spacial score (nSPS) is 16.0. The number of halogens is 1. The average molecular weight is 396 g/mol. The Balaban J connectivity index is 1.57. The average Bonchev–Trinajstić information content (AvgIpc) is 2.74. The summed E-state index contributed by atoms with van der Waals surface area (Å²) in [7, 11) is 0. The van der Waals surface area contributed by atoms with Crippen LogP contribution < -0.4 is 5.32 Å². The lowest BCUT2D eigenvalue weighted by Crippen LogP contribution is -2.45. The van der Waals surface area contributed by atoms with Crippen molar-refractivity contribution in [3.05, 3.63) is 77.1 Å². The van der Waals surface area contributed by atoms with Crippen molar-refractivity contribution in [2.75, 3.05) is 32.7 Å². The standard InChI is InChI=1S/C24H30FN3O/c1-3-27-12-14-28(15-13-27)18-22-7-5-4-6-21(22)17-26-24(29)16-19(2)20-8-10-23(25)11-9-20/h4-11,16H,3,12-15,17-18H2,1-2H3,(H,26,29)/b19-16-. The maximum Gasteiger partial charge on any atom is 0.244 e. The molecule has 0 spiro atoms. The number of likely N-dealkylation sites (N-methyl/N-ethyl adjacent to an activating group) is 1. The smallest absolute Gasteiger partial charge is 0.244 e. The number of piperazine rings is 1. The molecule has 1 saturated heterocycles. The molecule has 0 radical (unpaired) electrons. The molecule has 2 aromatic rings. The van der Waals surface area contributed by atoms with Crippen LogP contribution in [-0.2, 0) is 17.9 Å². The molecule has 1 heterocycles. The Morgan fingerprint density at radius 3 is 2.28 bits per heavy atom. The van der Waals surface area contributed by atoms with Gasteiger partial charge in [0.25, 0.3) is 0 Å². The largest absolute Gasteiger partial charge is 0.348 e. The Bertz CT molecular complexity index is 839. The number of allylic oxidation sites excluding steroid dienone is 1. The van der Waals surface area contributed by atoms with Crippen molar-refractivity contribution in [2.45, 2.75) is 26.9 Å². The molecule has 0 saturated carbocycles. The second-order valence-electron chi connectivity index (χ2n) is 7.53. The lowest BCUT2D eigenvalue weighted by atomic mass is 10.1. The number of hydrogen-bond acceptors (Lipinski definition) is 3. The van der Waals surface area contributed by atoms with Gasteiger partial charge in [-0.2, -0.15) is 0 Å². The summed E-state index contributed by atoms with van der Waals surface area (Å²) in [5.74, 6) is -0.420. The number of nitrogens with zero attached hydrogens (tertiary/aromatic N) is 2. The molecule has 0 unspecified atom stereocenters. The van der Waals surface area contributed by atoms with Gasteiger partial charge in [-0.25, -0.2) is 4.39 Å². The summed E-state index contributed by atoms with van der Waals surface area (Å²) >= 11 is 0. The predicted octanol–water partition coefficient (Wildman–Crippen LogP) is 3.68. The van der Waals surface area contributed by atoms with E-state index in [0.717, 1.165) is 56.0 Å². The molecule has 0 bridgehead atoms. The molecule has 0 aromatic heterocycles. The van der Waals surface area contributed by atoms with E-state index in [2.05, 4.69) is 40.2 Å². The van der Waals surface area contributed by atoms with Crippen LogP contribution in [0.1, 0.15) is 30.5 Å². The molecule has 4 nitrogen and oxygen atoms in total. The topological polar surface area (TPSA) is 35.6 Å². The Morgan fingerprint density at radius 1 is 1.00 bits per heavy atom. The third-order valence-electron chi connectivity index (χ3n) is 5.52. The summed E-state index contributed by atoms with van der Waals surface area (Å²) in [4.78, 5) is 17.3. The van der Waals surface area contributed by atoms with Crippen LogP contribution in [0.3, 0.4) is 0 Å². The van der Waals surface area contributed by atoms with Crippen LogP contribution in [0.2, 0.25) is 0 Å². The van der Waals surface area contributed by atoms with Crippen molar-refractivity contribution in [1.82, 2.24) is 15.1 Å². The fourth-order valence-electron chi connectivity index (χ4n) is 3.61. The van der Waals surface area contributed by atoms with E-state index in [4.69, 9.17) is 0 Å². The van der Waals surface area contributed by atoms with E-state index in [1.54, 1.807) is 18.2 Å². The van der Waals surface area contributed by atoms with Gasteiger partial charge in [-0.05, 0) is 47.9 Å². The van der Waals surface area contributed by atoms with E-state index >= 15 is 0 Å². The zero-order valence-electron chi connectivity index (χ0n) is 17.3. The molecule has 0 aliphatic carbocycles. The van der Waals surface area contributed by atoms with Crippen LogP contribution in [0.15, 0.2) is 54.6 Å². The zero-order valence-corrected chi connectivity index (χ0v) is 17.3. The Kier molecular flexibility index (Phi) is 7.55. The summed E-state index contributed by atoms with van der Waals surface area (Å²) in [6.07, 6.45) is 1.57. The lowest BCUT2D eigenvalue weighted by molar-refractivity contribution is -0.116. The molecule has 29 heavy (non-hydrogen) atoms. The first-order valence-electron chi connectivity index (χ1n) is 10.3. The highest BCUT2D eigenvalue weighted by Crippen LogP contribution is 2.15. The van der Waals surface area contributed by atoms with E-state index in [1.165, 1.54) is 17.7 Å². The van der Waals surface area contributed by atoms with Crippen molar-refractivity contribution in [3.8, 4) is 0 Å². The zero-order chi connectivity index (χ0) is 20.6. The van der Waals surface area contributed by atoms with Crippen LogP contribution in [0.5, 0.6) is 0 Å². The molecule has 0 atom stereocenters. The van der Waals surface area contributed by atoms with Crippen molar-refractivity contribution in [1.29, 1.82) is 0 Å². The van der Waals surface area contributed by atoms with Gasteiger partial charge in [0.05, 0.1) is 0 Å². The van der Waals surface area contributed by atoms with Gasteiger partial charge in [-0.1, -0.05) is 43.3 Å². The van der Waals surface area contributed by atoms with E-state index in [9.17, 15) is 9.18 Å². The SMILES string of the molecule is CCN1CCN(Cc2ccccc2CNC(=O)/C=C(/C)c2ccc(F)cc2)CC1. The molecule has 5 heteroatoms. The van der Waals surface area contributed by atoms with Crippen molar-refractivity contribution >= 4 is 11.5 Å². The molecule has 1 N–H and O–H groups in total. The molecule has 2 aromatic carbocycles. The van der Waals surface area contributed by atoms with E-state index in [0.29, 0.717) is 6.54 Å². The van der Waals surface area contributed by atoms with Gasteiger partial charge < -0.3 is 10.2 Å². The Hall–Kier alpha value is -2.50. The van der Waals surface area contributed by atoms with Gasteiger partial charge in [0.15, 0.2) is 0 Å². The van der Waals surface area contributed by atoms with Crippen LogP contribution in [0.25, 0.3) is 5.57 Å². The first-order chi connectivity index (χ1) is 14.0. The van der Waals surface area contributed by atoms with Gasteiger partial charge in [-0.3, -0.25) is 9.69 Å². The Morgan fingerprint density at radius 2 is 1.62 bits per heavy atom. The van der Waals surface area contributed by atoms with Crippen molar-refractivity contribution in [3.63, 3.8) is 0 Å². The van der Waals surface area contributed by atoms with Gasteiger partial charge in [-0.15, -0.1) is 0 Å². The maximum atomic E-state index is 13.1. The number of hydrogen-bond donors (Lipinski definition) is 1. The van der Waals surface area contributed by atoms with Gasteiger partial charge in [0, 0.05) is 45.3 Å². The van der Waals surface area contributed by atoms with Crippen LogP contribution in [0, 0.1) is 5.82 Å². The summed E-state index contributed by atoms with van der Waals surface area (Å²) in [6.45, 7) is 11.0. The fourth-order valence-corrected chi connectivity index (χ4v) is 3.61. The second-order valence-corrected chi connectivity index (χ2v) is 7.53. The summed E-state index contributed by atoms with van der Waals surface area (Å²) < 4.78 is 13.1. The van der Waals surface area contributed by atoms with Crippen LogP contribution >= 0.6 is 0 Å². The molecule has 1 aliphatic rings. The Labute approximate surface area is 173 Å². The summed E-state index contributed by atoms with van der Waals surface area (Å²) in [5, 5.41) is 2.99. The van der Waals surface area contributed by atoms with E-state index in [1.807, 2.05) is 13.0 Å². The molecular formula is C24H30FN3O. The molecule has 154 valence electrons. The molecule has 3 rings (SSSR count). The first-order valence-corrected chi connectivity index (χ1v) is 10.3. The van der Waals surface area contributed by atoms with Gasteiger partial charge >= 0.3 is 0 Å². The number of rotatable bonds is 7. The lowest BCUT2D eigenvalue weighted by Gasteiger charge is -2.34. The number of nitrogens with one attached hydrogen (secondary N) is 1. The molecule has 1 aliphatic heterocycles. The van der Waals surface area contributed by atoms with Crippen LogP contribution in [-0.4, -0.2) is 48.4 Å². The summed E-state index contributed by atoms with van der Waals surface area (Å²) in [6, 6.07) is 14.5. The maximum absolute atomic E-state index is 13.1. The van der Waals surface area contributed by atoms with E-state index in [-0.39, 0.29) is 11.7 Å². The van der Waals surface area contributed by atoms with Crippen LogP contribution in [0.4, 0.5) is 4.39 Å².